The van der Waals surface area contributed by atoms with Crippen LogP contribution >= 0.6 is 0 Å². The van der Waals surface area contributed by atoms with Crippen molar-refractivity contribution in [2.75, 3.05) is 18.1 Å². The Bertz CT molecular complexity index is 552. The Hall–Kier alpha value is -1.64. The van der Waals surface area contributed by atoms with Gasteiger partial charge in [-0.05, 0) is 19.1 Å². The molecule has 0 aliphatic carbocycles. The molecule has 5 heteroatoms. The summed E-state index contributed by atoms with van der Waals surface area (Å²) in [6.07, 6.45) is 1.33. The third-order valence-corrected chi connectivity index (χ3v) is 3.80. The zero-order valence-corrected chi connectivity index (χ0v) is 13.4. The molecule has 0 saturated carbocycles. The molecular weight excluding hydrogens is 268 g/mol. The Morgan fingerprint density at radius 1 is 1.40 bits per heavy atom. The van der Waals surface area contributed by atoms with Gasteiger partial charge in [-0.15, -0.1) is 5.54 Å². The minimum Gasteiger partial charge on any atom is -0.367 e. The molecule has 2 rings (SSSR count). The van der Waals surface area contributed by atoms with Crippen molar-refractivity contribution in [1.29, 1.82) is 0 Å². The average molecular weight is 288 g/mol. The number of hydrogen-bond donors (Lipinski definition) is 0. The summed E-state index contributed by atoms with van der Waals surface area (Å²) in [5, 5.41) is 0. The molecule has 1 unspecified atom stereocenters. The molecule has 0 spiro atoms. The maximum atomic E-state index is 12.0. The highest BCUT2D eigenvalue weighted by molar-refractivity contribution is 6.83. The highest BCUT2D eigenvalue weighted by atomic mass is 28.3. The predicted molar refractivity (Wildman–Crippen MR) is 82.2 cm³/mol. The summed E-state index contributed by atoms with van der Waals surface area (Å²) in [4.78, 5) is 18.1. The highest BCUT2D eigenvalue weighted by Crippen LogP contribution is 2.17. The van der Waals surface area contributed by atoms with Gasteiger partial charge in [0.05, 0.1) is 18.5 Å². The van der Waals surface area contributed by atoms with Gasteiger partial charge in [-0.25, -0.2) is 4.98 Å². The van der Waals surface area contributed by atoms with Crippen LogP contribution in [0.2, 0.25) is 19.6 Å². The number of morpholine rings is 1. The minimum absolute atomic E-state index is 0.0148. The second kappa shape index (κ2) is 5.78. The van der Waals surface area contributed by atoms with E-state index in [9.17, 15) is 4.79 Å². The molecule has 106 valence electrons. The number of rotatable bonds is 1. The van der Waals surface area contributed by atoms with E-state index in [4.69, 9.17) is 4.74 Å². The average Bonchev–Trinajstić information content (AvgIpc) is 2.40. The van der Waals surface area contributed by atoms with Crippen LogP contribution in [0.5, 0.6) is 0 Å². The van der Waals surface area contributed by atoms with Crippen LogP contribution in [0, 0.1) is 11.5 Å². The largest absolute Gasteiger partial charge is 0.367 e. The van der Waals surface area contributed by atoms with Gasteiger partial charge in [0.1, 0.15) is 19.9 Å². The Labute approximate surface area is 121 Å². The zero-order chi connectivity index (χ0) is 14.8. The zero-order valence-electron chi connectivity index (χ0n) is 12.4. The van der Waals surface area contributed by atoms with Crippen LogP contribution in [0.3, 0.4) is 0 Å². The molecule has 1 aliphatic heterocycles. The molecule has 1 atom stereocenters. The third kappa shape index (κ3) is 3.68. The van der Waals surface area contributed by atoms with E-state index in [0.717, 1.165) is 11.4 Å². The molecule has 20 heavy (non-hydrogen) atoms. The molecule has 4 nitrogen and oxygen atoms in total. The van der Waals surface area contributed by atoms with Gasteiger partial charge in [0.15, 0.2) is 0 Å². The van der Waals surface area contributed by atoms with Crippen LogP contribution in [-0.2, 0) is 9.53 Å². The Balaban J connectivity index is 2.15. The number of ether oxygens (including phenoxy) is 1. The first-order valence-corrected chi connectivity index (χ1v) is 10.3. The van der Waals surface area contributed by atoms with Crippen molar-refractivity contribution in [3.05, 3.63) is 24.0 Å². The van der Waals surface area contributed by atoms with E-state index in [1.807, 2.05) is 12.1 Å². The molecule has 0 N–H and O–H groups in total. The van der Waals surface area contributed by atoms with Crippen molar-refractivity contribution in [2.45, 2.75) is 32.7 Å². The van der Waals surface area contributed by atoms with E-state index < -0.39 is 8.07 Å². The van der Waals surface area contributed by atoms with Crippen molar-refractivity contribution < 1.29 is 9.53 Å². The summed E-state index contributed by atoms with van der Waals surface area (Å²) in [5.41, 5.74) is 4.84. The summed E-state index contributed by atoms with van der Waals surface area (Å²) >= 11 is 0. The molecule has 1 saturated heterocycles. The van der Waals surface area contributed by atoms with E-state index in [-0.39, 0.29) is 12.0 Å². The first-order valence-electron chi connectivity index (χ1n) is 6.79. The van der Waals surface area contributed by atoms with Crippen LogP contribution in [0.25, 0.3) is 0 Å². The van der Waals surface area contributed by atoms with Gasteiger partial charge in [-0.1, -0.05) is 25.6 Å². The topological polar surface area (TPSA) is 42.4 Å². The second-order valence-corrected chi connectivity index (χ2v) is 10.7. The van der Waals surface area contributed by atoms with Crippen molar-refractivity contribution in [3.63, 3.8) is 0 Å². The van der Waals surface area contributed by atoms with E-state index in [1.54, 1.807) is 18.0 Å². The highest BCUT2D eigenvalue weighted by Gasteiger charge is 2.26. The first-order chi connectivity index (χ1) is 9.37. The molecule has 0 radical (unpaired) electrons. The molecule has 1 amide bonds. The summed E-state index contributed by atoms with van der Waals surface area (Å²) in [5.74, 6) is 3.09. The molecule has 0 bridgehead atoms. The van der Waals surface area contributed by atoms with Gasteiger partial charge in [-0.3, -0.25) is 4.79 Å². The predicted octanol–water partition coefficient (Wildman–Crippen LogP) is 2.06. The molecule has 1 fully saturated rings. The quantitative estimate of drug-likeness (QED) is 0.587. The lowest BCUT2D eigenvalue weighted by Gasteiger charge is -2.30. The van der Waals surface area contributed by atoms with Gasteiger partial charge in [0, 0.05) is 6.54 Å². The second-order valence-electron chi connectivity index (χ2n) is 5.90. The molecule has 0 aromatic carbocycles. The molecule has 1 aromatic heterocycles. The number of aromatic nitrogens is 1. The van der Waals surface area contributed by atoms with Crippen LogP contribution in [-0.4, -0.2) is 38.2 Å². The van der Waals surface area contributed by atoms with Gasteiger partial charge < -0.3 is 9.64 Å². The Kier molecular flexibility index (Phi) is 4.26. The van der Waals surface area contributed by atoms with Gasteiger partial charge in [0.25, 0.3) is 5.91 Å². The SMILES string of the molecule is CC1OCCN(c2ccc(C#C[Si](C)(C)C)nc2)C1=O. The number of carbonyl (C=O) groups excluding carboxylic acids is 1. The van der Waals surface area contributed by atoms with E-state index in [0.29, 0.717) is 13.2 Å². The maximum Gasteiger partial charge on any atom is 0.255 e. The van der Waals surface area contributed by atoms with Gasteiger partial charge in [-0.2, -0.15) is 0 Å². The molecular formula is C15H20N2O2Si. The Morgan fingerprint density at radius 2 is 2.15 bits per heavy atom. The van der Waals surface area contributed by atoms with Crippen molar-refractivity contribution >= 4 is 19.7 Å². The number of anilines is 1. The lowest BCUT2D eigenvalue weighted by atomic mass is 10.2. The lowest BCUT2D eigenvalue weighted by molar-refractivity contribution is -0.132. The minimum atomic E-state index is -1.39. The van der Waals surface area contributed by atoms with E-state index in [2.05, 4.69) is 36.1 Å². The fourth-order valence-electron chi connectivity index (χ4n) is 1.85. The summed E-state index contributed by atoms with van der Waals surface area (Å²) in [6, 6.07) is 3.77. The van der Waals surface area contributed by atoms with Crippen molar-refractivity contribution in [2.24, 2.45) is 0 Å². The Morgan fingerprint density at radius 3 is 2.75 bits per heavy atom. The smallest absolute Gasteiger partial charge is 0.255 e. The van der Waals surface area contributed by atoms with Crippen molar-refractivity contribution in [3.8, 4) is 11.5 Å². The fourth-order valence-corrected chi connectivity index (χ4v) is 2.35. The van der Waals surface area contributed by atoms with Crippen LogP contribution in [0.4, 0.5) is 5.69 Å². The molecule has 2 heterocycles. The summed E-state index contributed by atoms with van der Waals surface area (Å²) in [7, 11) is -1.39. The van der Waals surface area contributed by atoms with Crippen LogP contribution in [0.15, 0.2) is 18.3 Å². The summed E-state index contributed by atoms with van der Waals surface area (Å²) < 4.78 is 5.31. The monoisotopic (exact) mass is 288 g/mol. The normalized spacial score (nSPS) is 19.5. The van der Waals surface area contributed by atoms with Crippen LogP contribution in [0.1, 0.15) is 12.6 Å². The number of amides is 1. The van der Waals surface area contributed by atoms with Gasteiger partial charge >= 0.3 is 0 Å². The van der Waals surface area contributed by atoms with Crippen LogP contribution < -0.4 is 4.90 Å². The number of pyridine rings is 1. The standard InChI is InChI=1S/C15H20N2O2Si/c1-12-15(18)17(8-9-19-12)14-6-5-13(16-11-14)7-10-20(2,3)4/h5-6,11-12H,8-9H2,1-4H3. The lowest BCUT2D eigenvalue weighted by Crippen LogP contribution is -2.46. The maximum absolute atomic E-state index is 12.0. The number of nitrogens with zero attached hydrogens (tertiary/aromatic N) is 2. The van der Waals surface area contributed by atoms with E-state index in [1.165, 1.54) is 0 Å². The molecule has 1 aliphatic rings. The van der Waals surface area contributed by atoms with E-state index >= 15 is 0 Å². The number of hydrogen-bond acceptors (Lipinski definition) is 3. The number of carbonyl (C=O) groups is 1. The first kappa shape index (κ1) is 14.8. The van der Waals surface area contributed by atoms with Gasteiger partial charge in [0.2, 0.25) is 0 Å². The summed E-state index contributed by atoms with van der Waals surface area (Å²) in [6.45, 7) is 9.50. The third-order valence-electron chi connectivity index (χ3n) is 2.92. The van der Waals surface area contributed by atoms with Crippen molar-refractivity contribution in [1.82, 2.24) is 4.98 Å². The fraction of sp³-hybridized carbons (Fsp3) is 0.467. The molecule has 1 aromatic rings.